The molecule has 0 aliphatic heterocycles. The van der Waals surface area contributed by atoms with Crippen molar-refractivity contribution < 1.29 is 9.52 Å². The normalized spacial score (nSPS) is 10.4. The van der Waals surface area contributed by atoms with Gasteiger partial charge in [-0.2, -0.15) is 0 Å². The van der Waals surface area contributed by atoms with Gasteiger partial charge in [0.2, 0.25) is 0 Å². The highest BCUT2D eigenvalue weighted by Crippen LogP contribution is 2.21. The maximum atomic E-state index is 9.28. The van der Waals surface area contributed by atoms with Crippen molar-refractivity contribution in [1.29, 1.82) is 0 Å². The molecule has 0 spiro atoms. The number of aryl methyl sites for hydroxylation is 1. The Morgan fingerprint density at radius 2 is 2.12 bits per heavy atom. The Morgan fingerprint density at radius 3 is 2.75 bits per heavy atom. The van der Waals surface area contributed by atoms with Gasteiger partial charge >= 0.3 is 0 Å². The molecule has 16 heavy (non-hydrogen) atoms. The third-order valence-corrected chi connectivity index (χ3v) is 2.87. The fraction of sp³-hybridized carbons (Fsp3) is 0.167. The zero-order valence-corrected chi connectivity index (χ0v) is 11.0. The third-order valence-electron chi connectivity index (χ3n) is 2.29. The molecule has 0 bridgehead atoms. The summed E-state index contributed by atoms with van der Waals surface area (Å²) in [5.41, 5.74) is 2.02. The van der Waals surface area contributed by atoms with E-state index >= 15 is 0 Å². The summed E-state index contributed by atoms with van der Waals surface area (Å²) in [5, 5.41) is 12.5. The second-order valence-corrected chi connectivity index (χ2v) is 4.62. The first-order valence-electron chi connectivity index (χ1n) is 4.93. The topological polar surface area (TPSA) is 45.4 Å². The molecule has 4 heteroatoms. The number of anilines is 1. The smallest absolute Gasteiger partial charge is 0.164 e. The standard InChI is InChI=1S/C12H12INO2/c1-8-6-9(15)2-4-11(8)14-7-10-3-5-12(13)16-10/h2-6,14-15H,7H2,1H3. The van der Waals surface area contributed by atoms with Crippen LogP contribution in [0.1, 0.15) is 11.3 Å². The van der Waals surface area contributed by atoms with Crippen molar-refractivity contribution in [3.63, 3.8) is 0 Å². The molecule has 2 aromatic rings. The molecule has 0 fully saturated rings. The molecule has 0 amide bonds. The summed E-state index contributed by atoms with van der Waals surface area (Å²) in [6.07, 6.45) is 0. The van der Waals surface area contributed by atoms with E-state index in [0.717, 1.165) is 20.8 Å². The van der Waals surface area contributed by atoms with E-state index in [4.69, 9.17) is 4.42 Å². The van der Waals surface area contributed by atoms with Crippen molar-refractivity contribution in [2.24, 2.45) is 0 Å². The number of rotatable bonds is 3. The van der Waals surface area contributed by atoms with Gasteiger partial charge in [-0.3, -0.25) is 0 Å². The van der Waals surface area contributed by atoms with Crippen molar-refractivity contribution in [2.45, 2.75) is 13.5 Å². The highest BCUT2D eigenvalue weighted by Gasteiger charge is 2.02. The molecule has 1 aromatic heterocycles. The van der Waals surface area contributed by atoms with E-state index in [-0.39, 0.29) is 5.75 Å². The Labute approximate surface area is 108 Å². The van der Waals surface area contributed by atoms with Crippen LogP contribution in [0, 0.1) is 10.7 Å². The highest BCUT2D eigenvalue weighted by molar-refractivity contribution is 14.1. The minimum Gasteiger partial charge on any atom is -0.508 e. The number of benzene rings is 1. The molecule has 0 saturated carbocycles. The van der Waals surface area contributed by atoms with E-state index in [1.54, 1.807) is 12.1 Å². The van der Waals surface area contributed by atoms with Crippen LogP contribution in [0.3, 0.4) is 0 Å². The van der Waals surface area contributed by atoms with Crippen LogP contribution >= 0.6 is 22.6 Å². The van der Waals surface area contributed by atoms with E-state index in [1.807, 2.05) is 25.1 Å². The first-order chi connectivity index (χ1) is 7.65. The van der Waals surface area contributed by atoms with Gasteiger partial charge in [0.15, 0.2) is 3.77 Å². The molecule has 0 unspecified atom stereocenters. The van der Waals surface area contributed by atoms with Gasteiger partial charge in [-0.15, -0.1) is 0 Å². The molecule has 2 rings (SSSR count). The van der Waals surface area contributed by atoms with Crippen LogP contribution < -0.4 is 5.32 Å². The maximum Gasteiger partial charge on any atom is 0.164 e. The van der Waals surface area contributed by atoms with E-state index in [0.29, 0.717) is 6.54 Å². The first kappa shape index (κ1) is 11.3. The molecule has 2 N–H and O–H groups in total. The third kappa shape index (κ3) is 2.69. The van der Waals surface area contributed by atoms with Crippen molar-refractivity contribution in [3.8, 4) is 5.75 Å². The Bertz CT molecular complexity index is 494. The maximum absolute atomic E-state index is 9.28. The Morgan fingerprint density at radius 1 is 1.31 bits per heavy atom. The lowest BCUT2D eigenvalue weighted by Crippen LogP contribution is -1.99. The molecule has 0 radical (unpaired) electrons. The lowest BCUT2D eigenvalue weighted by Gasteiger charge is -2.08. The summed E-state index contributed by atoms with van der Waals surface area (Å²) in [5.74, 6) is 1.19. The second-order valence-electron chi connectivity index (χ2n) is 3.56. The largest absolute Gasteiger partial charge is 0.508 e. The van der Waals surface area contributed by atoms with Gasteiger partial charge in [0.25, 0.3) is 0 Å². The monoisotopic (exact) mass is 329 g/mol. The average Bonchev–Trinajstić information content (AvgIpc) is 2.63. The van der Waals surface area contributed by atoms with Gasteiger partial charge in [0.1, 0.15) is 11.5 Å². The van der Waals surface area contributed by atoms with Crippen molar-refractivity contribution in [2.75, 3.05) is 5.32 Å². The van der Waals surface area contributed by atoms with Crippen LogP contribution in [0.5, 0.6) is 5.75 Å². The van der Waals surface area contributed by atoms with Crippen LogP contribution in [0.15, 0.2) is 34.7 Å². The van der Waals surface area contributed by atoms with Gasteiger partial charge in [0.05, 0.1) is 6.54 Å². The van der Waals surface area contributed by atoms with E-state index in [9.17, 15) is 5.11 Å². The van der Waals surface area contributed by atoms with Crippen LogP contribution in [0.2, 0.25) is 0 Å². The fourth-order valence-electron chi connectivity index (χ4n) is 1.48. The van der Waals surface area contributed by atoms with Gasteiger partial charge in [-0.05, 0) is 65.4 Å². The number of hydrogen-bond donors (Lipinski definition) is 2. The molecule has 0 atom stereocenters. The van der Waals surface area contributed by atoms with Gasteiger partial charge in [-0.25, -0.2) is 0 Å². The summed E-state index contributed by atoms with van der Waals surface area (Å²) in [6.45, 7) is 2.60. The van der Waals surface area contributed by atoms with E-state index < -0.39 is 0 Å². The Balaban J connectivity index is 2.04. The molecule has 0 saturated heterocycles. The number of nitrogens with one attached hydrogen (secondary N) is 1. The van der Waals surface area contributed by atoms with Crippen LogP contribution in [0.25, 0.3) is 0 Å². The average molecular weight is 329 g/mol. The van der Waals surface area contributed by atoms with Crippen molar-refractivity contribution in [3.05, 3.63) is 45.4 Å². The molecule has 0 aliphatic rings. The van der Waals surface area contributed by atoms with E-state index in [2.05, 4.69) is 27.9 Å². The number of hydrogen-bond acceptors (Lipinski definition) is 3. The molecule has 84 valence electrons. The molecule has 3 nitrogen and oxygen atoms in total. The predicted molar refractivity (Wildman–Crippen MR) is 71.6 cm³/mol. The molecule has 1 heterocycles. The predicted octanol–water partition coefficient (Wildman–Crippen LogP) is 3.51. The first-order valence-corrected chi connectivity index (χ1v) is 6.01. The zero-order chi connectivity index (χ0) is 11.5. The molecule has 0 aliphatic carbocycles. The molecular weight excluding hydrogens is 317 g/mol. The number of phenolic OH excluding ortho intramolecular Hbond substituents is 1. The summed E-state index contributed by atoms with van der Waals surface area (Å²) < 4.78 is 6.33. The number of phenols is 1. The number of furan rings is 1. The van der Waals surface area contributed by atoms with Crippen molar-refractivity contribution in [1.82, 2.24) is 0 Å². The summed E-state index contributed by atoms with van der Waals surface area (Å²) >= 11 is 2.14. The van der Waals surface area contributed by atoms with Crippen LogP contribution in [0.4, 0.5) is 5.69 Å². The minimum atomic E-state index is 0.288. The summed E-state index contributed by atoms with van der Waals surface area (Å²) in [7, 11) is 0. The molecule has 1 aromatic carbocycles. The van der Waals surface area contributed by atoms with Gasteiger partial charge in [-0.1, -0.05) is 0 Å². The number of aromatic hydroxyl groups is 1. The van der Waals surface area contributed by atoms with Crippen LogP contribution in [-0.2, 0) is 6.54 Å². The number of halogens is 1. The Hall–Kier alpha value is -1.17. The molecular formula is C12H12INO2. The van der Waals surface area contributed by atoms with E-state index in [1.165, 1.54) is 0 Å². The zero-order valence-electron chi connectivity index (χ0n) is 8.83. The second kappa shape index (κ2) is 4.78. The SMILES string of the molecule is Cc1cc(O)ccc1NCc1ccc(I)o1. The summed E-state index contributed by atoms with van der Waals surface area (Å²) in [6, 6.07) is 9.14. The lowest BCUT2D eigenvalue weighted by molar-refractivity contribution is 0.475. The lowest BCUT2D eigenvalue weighted by atomic mass is 10.2. The van der Waals surface area contributed by atoms with Crippen LogP contribution in [-0.4, -0.2) is 5.11 Å². The van der Waals surface area contributed by atoms with Gasteiger partial charge < -0.3 is 14.8 Å². The van der Waals surface area contributed by atoms with Crippen molar-refractivity contribution >= 4 is 28.3 Å². The minimum absolute atomic E-state index is 0.288. The quantitative estimate of drug-likeness (QED) is 0.669. The highest BCUT2D eigenvalue weighted by atomic mass is 127. The Kier molecular flexibility index (Phi) is 3.38. The van der Waals surface area contributed by atoms with Gasteiger partial charge in [0, 0.05) is 5.69 Å². The fourth-order valence-corrected chi connectivity index (χ4v) is 1.94. The summed E-state index contributed by atoms with van der Waals surface area (Å²) in [4.78, 5) is 0.